The molecule has 51 heavy (non-hydrogen) atoms. The molecule has 11 heteroatoms. The van der Waals surface area contributed by atoms with E-state index < -0.39 is 16.8 Å². The minimum atomic E-state index is -0.535. The van der Waals surface area contributed by atoms with E-state index in [1.807, 2.05) is 112 Å². The number of likely N-dealkylation sites (N-methyl/N-ethyl adjacent to an activating group) is 2. The lowest BCUT2D eigenvalue weighted by Crippen LogP contribution is -2.35. The number of carbonyl (C=O) groups excluding carboxylic acids is 2. The van der Waals surface area contributed by atoms with Gasteiger partial charge in [-0.1, -0.05) is 18.2 Å². The maximum atomic E-state index is 13.3. The summed E-state index contributed by atoms with van der Waals surface area (Å²) in [6.07, 6.45) is 10.6. The van der Waals surface area contributed by atoms with Crippen LogP contribution < -0.4 is 9.80 Å². The fourth-order valence-corrected chi connectivity index (χ4v) is 6.94. The van der Waals surface area contributed by atoms with Crippen molar-refractivity contribution in [1.82, 2.24) is 29.3 Å². The Bertz CT molecular complexity index is 2320. The van der Waals surface area contributed by atoms with E-state index in [0.29, 0.717) is 12.2 Å². The van der Waals surface area contributed by atoms with Crippen LogP contribution >= 0.6 is 0 Å². The van der Waals surface area contributed by atoms with Crippen molar-refractivity contribution in [3.63, 3.8) is 0 Å². The van der Waals surface area contributed by atoms with E-state index in [4.69, 9.17) is 0 Å². The highest BCUT2D eigenvalue weighted by molar-refractivity contribution is 6.08. The molecule has 2 aliphatic heterocycles. The molecule has 0 atom stereocenters. The van der Waals surface area contributed by atoms with Crippen LogP contribution in [0.2, 0.25) is 0 Å². The second-order valence-electron chi connectivity index (χ2n) is 14.0. The number of aryl methyl sites for hydroxylation is 1. The Morgan fingerprint density at radius 1 is 0.725 bits per heavy atom. The first-order valence-electron chi connectivity index (χ1n) is 16.8. The van der Waals surface area contributed by atoms with Crippen LogP contribution in [0.5, 0.6) is 0 Å². The summed E-state index contributed by atoms with van der Waals surface area (Å²) in [6.45, 7) is 12.5. The molecule has 2 aliphatic rings. The van der Waals surface area contributed by atoms with Gasteiger partial charge in [0.1, 0.15) is 0 Å². The summed E-state index contributed by atoms with van der Waals surface area (Å²) in [5, 5.41) is 4.52. The summed E-state index contributed by atoms with van der Waals surface area (Å²) in [6, 6.07) is 19.2. The van der Waals surface area contributed by atoms with Crippen LogP contribution in [-0.2, 0) is 20.4 Å². The van der Waals surface area contributed by atoms with Crippen LogP contribution in [0.25, 0.3) is 33.8 Å². The first-order valence-corrected chi connectivity index (χ1v) is 16.8. The number of rotatable bonds is 5. The maximum Gasteiger partial charge on any atom is 0.237 e. The van der Waals surface area contributed by atoms with Crippen molar-refractivity contribution in [2.45, 2.75) is 52.4 Å². The van der Waals surface area contributed by atoms with Gasteiger partial charge < -0.3 is 14.4 Å². The fraction of sp³-hybridized carbons (Fsp3) is 0.250. The zero-order valence-electron chi connectivity index (χ0n) is 29.7. The van der Waals surface area contributed by atoms with Crippen molar-refractivity contribution in [3.8, 4) is 33.8 Å². The third kappa shape index (κ3) is 5.78. The normalized spacial score (nSPS) is 15.5. The van der Waals surface area contributed by atoms with Gasteiger partial charge in [-0.3, -0.25) is 14.6 Å². The van der Waals surface area contributed by atoms with Crippen LogP contribution in [0.4, 0.5) is 15.8 Å². The largest absolute Gasteiger partial charge is 0.314 e. The minimum Gasteiger partial charge on any atom is -0.314 e. The number of pyridine rings is 2. The molecule has 0 spiro atoms. The highest BCUT2D eigenvalue weighted by Crippen LogP contribution is 2.43. The number of anilines is 2. The average molecular weight is 683 g/mol. The van der Waals surface area contributed by atoms with Crippen molar-refractivity contribution in [2.24, 2.45) is 0 Å². The number of aromatic nitrogens is 6. The van der Waals surface area contributed by atoms with Gasteiger partial charge in [-0.25, -0.2) is 14.6 Å². The zero-order chi connectivity index (χ0) is 36.2. The molecule has 258 valence electrons. The Balaban J connectivity index is 0.000000159. The zero-order valence-corrected chi connectivity index (χ0v) is 29.7. The predicted molar refractivity (Wildman–Crippen MR) is 196 cm³/mol. The molecule has 0 fully saturated rings. The van der Waals surface area contributed by atoms with Gasteiger partial charge in [0.15, 0.2) is 0 Å². The predicted octanol–water partition coefficient (Wildman–Crippen LogP) is 7.21. The summed E-state index contributed by atoms with van der Waals surface area (Å²) < 4.78 is 16.9. The number of benzene rings is 2. The maximum absolute atomic E-state index is 13.3. The number of amides is 2. The first-order chi connectivity index (χ1) is 24.3. The molecule has 2 aromatic carbocycles. The number of carbonyl (C=O) groups is 2. The van der Waals surface area contributed by atoms with E-state index in [9.17, 15) is 14.0 Å². The first kappa shape index (κ1) is 33.5. The van der Waals surface area contributed by atoms with Gasteiger partial charge in [-0.15, -0.1) is 0 Å². The number of fused-ring (bicyclic) bond motifs is 2. The molecule has 0 aliphatic carbocycles. The molecule has 8 rings (SSSR count). The molecule has 0 bridgehead atoms. The lowest BCUT2D eigenvalue weighted by molar-refractivity contribution is -0.122. The molecule has 0 saturated carbocycles. The Labute approximate surface area is 296 Å². The van der Waals surface area contributed by atoms with E-state index in [-0.39, 0.29) is 11.8 Å². The summed E-state index contributed by atoms with van der Waals surface area (Å²) in [4.78, 5) is 40.9. The van der Waals surface area contributed by atoms with Crippen molar-refractivity contribution in [2.75, 3.05) is 23.4 Å². The molecule has 0 radical (unpaired) electrons. The van der Waals surface area contributed by atoms with Crippen molar-refractivity contribution in [1.29, 1.82) is 0 Å². The topological polar surface area (TPSA) is 102 Å². The molecule has 2 amide bonds. The standard InChI is InChI=1S/C21H22N4O.C19H17FN4O/c1-5-24-19-11-17(6-7-18(19)21(3,4)20(24)26)25-13-16(12-23-25)15-8-9-22-14(2)10-15;1-19(2)14-5-4-12(8-16(14)23(3)18(19)25)15-10-24(11-22-15)13-6-7-21-17(20)9-13/h6-13H,5H2,1-4H3;4-11H,1-3H3. The van der Waals surface area contributed by atoms with Crippen LogP contribution in [0.15, 0.2) is 98.0 Å². The Morgan fingerprint density at radius 2 is 1.45 bits per heavy atom. The van der Waals surface area contributed by atoms with E-state index in [2.05, 4.69) is 32.2 Å². The number of imidazole rings is 1. The quantitative estimate of drug-likeness (QED) is 0.178. The van der Waals surface area contributed by atoms with Gasteiger partial charge in [-0.2, -0.15) is 9.49 Å². The lowest BCUT2D eigenvalue weighted by Gasteiger charge is -2.18. The Kier molecular flexibility index (Phi) is 8.16. The van der Waals surface area contributed by atoms with Crippen molar-refractivity contribution < 1.29 is 14.0 Å². The molecule has 6 aromatic rings. The third-order valence-electron chi connectivity index (χ3n) is 9.88. The van der Waals surface area contributed by atoms with Gasteiger partial charge in [0, 0.05) is 67.0 Å². The Hall–Kier alpha value is -5.97. The number of nitrogens with zero attached hydrogens (tertiary/aromatic N) is 8. The van der Waals surface area contributed by atoms with Gasteiger partial charge in [0.05, 0.1) is 46.1 Å². The van der Waals surface area contributed by atoms with E-state index >= 15 is 0 Å². The third-order valence-corrected chi connectivity index (χ3v) is 9.88. The SMILES string of the molecule is CCN1C(=O)C(C)(C)c2ccc(-n3cc(-c4ccnc(C)c4)cn3)cc21.CN1C(=O)C(C)(C)c2ccc(-c3cn(-c4ccnc(F)c4)cn3)cc21. The summed E-state index contributed by atoms with van der Waals surface area (Å²) >= 11 is 0. The number of hydrogen-bond acceptors (Lipinski definition) is 6. The Morgan fingerprint density at radius 3 is 2.20 bits per heavy atom. The summed E-state index contributed by atoms with van der Waals surface area (Å²) in [7, 11) is 1.79. The smallest absolute Gasteiger partial charge is 0.237 e. The molecule has 6 heterocycles. The van der Waals surface area contributed by atoms with Gasteiger partial charge in [0.2, 0.25) is 17.8 Å². The van der Waals surface area contributed by atoms with Crippen molar-refractivity contribution >= 4 is 23.2 Å². The molecular formula is C40H39FN8O2. The highest BCUT2D eigenvalue weighted by atomic mass is 19.1. The second kappa shape index (κ2) is 12.4. The van der Waals surface area contributed by atoms with Crippen LogP contribution in [0.1, 0.15) is 51.4 Å². The monoisotopic (exact) mass is 682 g/mol. The van der Waals surface area contributed by atoms with Gasteiger partial charge >= 0.3 is 0 Å². The summed E-state index contributed by atoms with van der Waals surface area (Å²) in [5.41, 5.74) is 9.35. The number of hydrogen-bond donors (Lipinski definition) is 0. The molecule has 10 nitrogen and oxygen atoms in total. The average Bonchev–Trinajstić information content (AvgIpc) is 3.88. The van der Waals surface area contributed by atoms with E-state index in [0.717, 1.165) is 56.3 Å². The van der Waals surface area contributed by atoms with Crippen LogP contribution in [-0.4, -0.2) is 54.7 Å². The lowest BCUT2D eigenvalue weighted by atomic mass is 9.86. The number of halogens is 1. The fourth-order valence-electron chi connectivity index (χ4n) is 6.94. The molecule has 0 N–H and O–H groups in total. The van der Waals surface area contributed by atoms with Gasteiger partial charge in [-0.05, 0) is 94.6 Å². The van der Waals surface area contributed by atoms with Crippen molar-refractivity contribution in [3.05, 3.63) is 121 Å². The molecule has 4 aromatic heterocycles. The molecule has 0 saturated heterocycles. The van der Waals surface area contributed by atoms with E-state index in [1.165, 1.54) is 12.3 Å². The summed E-state index contributed by atoms with van der Waals surface area (Å²) in [5.74, 6) is -0.300. The highest BCUT2D eigenvalue weighted by Gasteiger charge is 2.43. The van der Waals surface area contributed by atoms with Gasteiger partial charge in [0.25, 0.3) is 0 Å². The molecule has 0 unspecified atom stereocenters. The van der Waals surface area contributed by atoms with Crippen LogP contribution in [0.3, 0.4) is 0 Å². The minimum absolute atomic E-state index is 0.0810. The van der Waals surface area contributed by atoms with E-state index in [1.54, 1.807) is 28.9 Å². The second-order valence-corrected chi connectivity index (χ2v) is 14.0. The molecular weight excluding hydrogens is 643 g/mol. The van der Waals surface area contributed by atoms with Crippen LogP contribution in [0, 0.1) is 12.9 Å².